The monoisotopic (exact) mass is 328 g/mol. The van der Waals surface area contributed by atoms with Gasteiger partial charge in [-0.15, -0.1) is 0 Å². The third kappa shape index (κ3) is 3.56. The number of halogens is 2. The Labute approximate surface area is 127 Å². The minimum Gasteiger partial charge on any atom is -0.252 e. The molecule has 0 radical (unpaired) electrons. The lowest BCUT2D eigenvalue weighted by atomic mass is 10.3. The molecule has 0 amide bonds. The van der Waals surface area contributed by atoms with Crippen LogP contribution in [0.3, 0.4) is 0 Å². The van der Waals surface area contributed by atoms with Crippen molar-refractivity contribution < 1.29 is 8.42 Å². The Morgan fingerprint density at radius 3 is 2.45 bits per heavy atom. The number of rotatable bonds is 3. The fourth-order valence-electron chi connectivity index (χ4n) is 1.43. The quantitative estimate of drug-likeness (QED) is 0.810. The first kappa shape index (κ1) is 15.0. The van der Waals surface area contributed by atoms with Gasteiger partial charge < -0.3 is 0 Å². The molecule has 4 nitrogen and oxygen atoms in total. The first-order valence-corrected chi connectivity index (χ1v) is 8.18. The standard InChI is InChI=1S/C13H10Cl2N2O2S/c1-20(18,19)9-6-7-12(16-8-9)13(15)17-11-5-3-2-4-10(11)14/h2-8H,1H3/b17-13-. The SMILES string of the molecule is CS(=O)(=O)c1ccc(/C(Cl)=N/c2ccccc2Cl)nc1. The Kier molecular flexibility index (Phi) is 4.42. The summed E-state index contributed by atoms with van der Waals surface area (Å²) in [5.74, 6) is 0. The lowest BCUT2D eigenvalue weighted by Crippen LogP contribution is -2.01. The molecule has 0 aliphatic heterocycles. The molecule has 0 bridgehead atoms. The van der Waals surface area contributed by atoms with Crippen LogP contribution >= 0.6 is 23.2 Å². The van der Waals surface area contributed by atoms with E-state index in [1.54, 1.807) is 24.3 Å². The lowest BCUT2D eigenvalue weighted by molar-refractivity contribution is 0.601. The molecule has 0 atom stereocenters. The van der Waals surface area contributed by atoms with Crippen molar-refractivity contribution in [2.24, 2.45) is 4.99 Å². The van der Waals surface area contributed by atoms with E-state index >= 15 is 0 Å². The van der Waals surface area contributed by atoms with Crippen LogP contribution < -0.4 is 0 Å². The van der Waals surface area contributed by atoms with Gasteiger partial charge in [0.2, 0.25) is 0 Å². The molecule has 0 N–H and O–H groups in total. The Balaban J connectivity index is 2.35. The van der Waals surface area contributed by atoms with E-state index in [9.17, 15) is 8.42 Å². The largest absolute Gasteiger partial charge is 0.252 e. The number of hydrogen-bond donors (Lipinski definition) is 0. The normalized spacial score (nSPS) is 12.4. The van der Waals surface area contributed by atoms with E-state index in [0.29, 0.717) is 16.4 Å². The molecule has 1 aromatic heterocycles. The molecule has 2 rings (SSSR count). The minimum absolute atomic E-state index is 0.128. The average Bonchev–Trinajstić information content (AvgIpc) is 2.40. The summed E-state index contributed by atoms with van der Waals surface area (Å²) in [5.41, 5.74) is 0.896. The molecule has 0 saturated carbocycles. The number of aromatic nitrogens is 1. The maximum atomic E-state index is 11.3. The molecule has 0 fully saturated rings. The summed E-state index contributed by atoms with van der Waals surface area (Å²) in [6.07, 6.45) is 2.36. The average molecular weight is 329 g/mol. The molecule has 1 aromatic carbocycles. The molecule has 0 aliphatic rings. The van der Waals surface area contributed by atoms with Crippen LogP contribution in [0.25, 0.3) is 0 Å². The summed E-state index contributed by atoms with van der Waals surface area (Å²) in [5, 5.41) is 0.608. The molecule has 104 valence electrons. The van der Waals surface area contributed by atoms with Crippen molar-refractivity contribution in [2.75, 3.05) is 6.26 Å². The van der Waals surface area contributed by atoms with Crippen LogP contribution in [-0.2, 0) is 9.84 Å². The van der Waals surface area contributed by atoms with E-state index in [0.717, 1.165) is 6.26 Å². The highest BCUT2D eigenvalue weighted by molar-refractivity contribution is 7.90. The molecule has 0 saturated heterocycles. The molecular formula is C13H10Cl2N2O2S. The molecule has 20 heavy (non-hydrogen) atoms. The summed E-state index contributed by atoms with van der Waals surface area (Å²) < 4.78 is 22.7. The number of pyridine rings is 1. The highest BCUT2D eigenvalue weighted by Gasteiger charge is 2.09. The first-order valence-electron chi connectivity index (χ1n) is 5.53. The van der Waals surface area contributed by atoms with Gasteiger partial charge in [-0.05, 0) is 24.3 Å². The van der Waals surface area contributed by atoms with E-state index in [2.05, 4.69) is 9.98 Å². The third-order valence-corrected chi connectivity index (χ3v) is 4.14. The number of sulfone groups is 1. The molecule has 0 aliphatic carbocycles. The van der Waals surface area contributed by atoms with Gasteiger partial charge in [0.15, 0.2) is 15.0 Å². The summed E-state index contributed by atoms with van der Waals surface area (Å²) in [6, 6.07) is 9.92. The Hall–Kier alpha value is -1.43. The Bertz CT molecular complexity index is 756. The van der Waals surface area contributed by atoms with Gasteiger partial charge in [0.25, 0.3) is 0 Å². The summed E-state index contributed by atoms with van der Waals surface area (Å²) in [6.45, 7) is 0. The van der Waals surface area contributed by atoms with Gasteiger partial charge in [0.05, 0.1) is 15.6 Å². The Morgan fingerprint density at radius 1 is 1.20 bits per heavy atom. The molecule has 0 spiro atoms. The van der Waals surface area contributed by atoms with Gasteiger partial charge in [-0.1, -0.05) is 35.3 Å². The van der Waals surface area contributed by atoms with E-state index in [-0.39, 0.29) is 10.1 Å². The van der Waals surface area contributed by atoms with Gasteiger partial charge in [-0.3, -0.25) is 4.98 Å². The smallest absolute Gasteiger partial charge is 0.177 e. The highest BCUT2D eigenvalue weighted by atomic mass is 35.5. The Morgan fingerprint density at radius 2 is 1.90 bits per heavy atom. The number of benzene rings is 1. The first-order chi connectivity index (χ1) is 9.38. The van der Waals surface area contributed by atoms with Crippen LogP contribution in [0, 0.1) is 0 Å². The van der Waals surface area contributed by atoms with Gasteiger partial charge in [0.1, 0.15) is 5.69 Å². The topological polar surface area (TPSA) is 59.4 Å². The van der Waals surface area contributed by atoms with Crippen LogP contribution in [0.15, 0.2) is 52.5 Å². The van der Waals surface area contributed by atoms with Gasteiger partial charge >= 0.3 is 0 Å². The maximum Gasteiger partial charge on any atom is 0.177 e. The van der Waals surface area contributed by atoms with Gasteiger partial charge in [-0.2, -0.15) is 0 Å². The third-order valence-electron chi connectivity index (χ3n) is 2.45. The number of para-hydroxylation sites is 1. The van der Waals surface area contributed by atoms with E-state index in [4.69, 9.17) is 23.2 Å². The minimum atomic E-state index is -3.28. The highest BCUT2D eigenvalue weighted by Crippen LogP contribution is 2.25. The zero-order valence-corrected chi connectivity index (χ0v) is 12.7. The second-order valence-electron chi connectivity index (χ2n) is 4.01. The number of nitrogens with zero attached hydrogens (tertiary/aromatic N) is 2. The van der Waals surface area contributed by atoms with Gasteiger partial charge in [-0.25, -0.2) is 13.4 Å². The summed E-state index contributed by atoms with van der Waals surface area (Å²) >= 11 is 12.0. The van der Waals surface area contributed by atoms with E-state index < -0.39 is 9.84 Å². The van der Waals surface area contributed by atoms with Crippen molar-refractivity contribution in [3.63, 3.8) is 0 Å². The maximum absolute atomic E-state index is 11.3. The van der Waals surface area contributed by atoms with Crippen LogP contribution in [-0.4, -0.2) is 24.8 Å². The second-order valence-corrected chi connectivity index (χ2v) is 6.79. The fourth-order valence-corrected chi connectivity index (χ4v) is 2.37. The second kappa shape index (κ2) is 5.91. The van der Waals surface area contributed by atoms with Crippen molar-refractivity contribution in [1.82, 2.24) is 4.98 Å². The molecule has 0 unspecified atom stereocenters. The van der Waals surface area contributed by atoms with Gasteiger partial charge in [0, 0.05) is 12.5 Å². The van der Waals surface area contributed by atoms with Crippen LogP contribution in [0.4, 0.5) is 5.69 Å². The van der Waals surface area contributed by atoms with Crippen LogP contribution in [0.5, 0.6) is 0 Å². The zero-order chi connectivity index (χ0) is 14.8. The number of aliphatic imine (C=N–C) groups is 1. The summed E-state index contributed by atoms with van der Waals surface area (Å²) in [4.78, 5) is 8.27. The summed E-state index contributed by atoms with van der Waals surface area (Å²) in [7, 11) is -3.28. The van der Waals surface area contributed by atoms with Crippen molar-refractivity contribution in [3.8, 4) is 0 Å². The lowest BCUT2D eigenvalue weighted by Gasteiger charge is -2.02. The molecular weight excluding hydrogens is 319 g/mol. The predicted molar refractivity (Wildman–Crippen MR) is 80.8 cm³/mol. The molecule has 1 heterocycles. The van der Waals surface area contributed by atoms with Crippen LogP contribution in [0.1, 0.15) is 5.69 Å². The van der Waals surface area contributed by atoms with E-state index in [1.807, 2.05) is 0 Å². The molecule has 7 heteroatoms. The van der Waals surface area contributed by atoms with Crippen LogP contribution in [0.2, 0.25) is 5.02 Å². The van der Waals surface area contributed by atoms with Crippen molar-refractivity contribution in [2.45, 2.75) is 4.90 Å². The van der Waals surface area contributed by atoms with Crippen molar-refractivity contribution in [3.05, 3.63) is 53.3 Å². The van der Waals surface area contributed by atoms with Crippen molar-refractivity contribution >= 4 is 43.9 Å². The van der Waals surface area contributed by atoms with Crippen molar-refractivity contribution in [1.29, 1.82) is 0 Å². The van der Waals surface area contributed by atoms with E-state index in [1.165, 1.54) is 18.3 Å². The predicted octanol–water partition coefficient (Wildman–Crippen LogP) is 3.46. The number of hydrogen-bond acceptors (Lipinski definition) is 4. The molecule has 2 aromatic rings. The fraction of sp³-hybridized carbons (Fsp3) is 0.0769. The zero-order valence-electron chi connectivity index (χ0n) is 10.4.